The molecule has 44 heavy (non-hydrogen) atoms. The molecule has 1 saturated carbocycles. The van der Waals surface area contributed by atoms with Crippen LogP contribution in [0.3, 0.4) is 0 Å². The van der Waals surface area contributed by atoms with Crippen LogP contribution < -0.4 is 10.6 Å². The van der Waals surface area contributed by atoms with E-state index in [1.54, 1.807) is 18.6 Å². The fourth-order valence-corrected chi connectivity index (χ4v) is 5.49. The van der Waals surface area contributed by atoms with E-state index in [9.17, 15) is 9.18 Å². The first-order valence-corrected chi connectivity index (χ1v) is 14.7. The summed E-state index contributed by atoms with van der Waals surface area (Å²) in [5.41, 5.74) is 7.95. The van der Waals surface area contributed by atoms with Gasteiger partial charge in [0.05, 0.1) is 28.8 Å². The lowest BCUT2D eigenvalue weighted by atomic mass is 9.85. The average Bonchev–Trinajstić information content (AvgIpc) is 3.59. The Bertz CT molecular complexity index is 1990. The third-order valence-corrected chi connectivity index (χ3v) is 8.07. The molecule has 0 unspecified atom stereocenters. The van der Waals surface area contributed by atoms with Gasteiger partial charge in [0.1, 0.15) is 22.7 Å². The molecule has 1 aliphatic carbocycles. The zero-order chi connectivity index (χ0) is 30.2. The fraction of sp³-hybridized carbons (Fsp3) is 0.242. The molecule has 0 aliphatic heterocycles. The van der Waals surface area contributed by atoms with Crippen LogP contribution in [0.25, 0.3) is 55.8 Å². The highest BCUT2D eigenvalue weighted by Crippen LogP contribution is 2.35. The average molecular weight is 590 g/mol. The molecular weight excluding hydrogens is 557 g/mol. The van der Waals surface area contributed by atoms with E-state index in [1.165, 1.54) is 12.1 Å². The Balaban J connectivity index is 1.21. The summed E-state index contributed by atoms with van der Waals surface area (Å²) in [5, 5.41) is 14.8. The summed E-state index contributed by atoms with van der Waals surface area (Å²) in [5.74, 6) is -0.190. The Morgan fingerprint density at radius 2 is 1.91 bits per heavy atom. The predicted octanol–water partition coefficient (Wildman–Crippen LogP) is 6.08. The Morgan fingerprint density at radius 3 is 2.73 bits per heavy atom. The highest BCUT2D eigenvalue weighted by molar-refractivity contribution is 5.99. The van der Waals surface area contributed by atoms with Gasteiger partial charge in [-0.25, -0.2) is 14.4 Å². The number of hydrogen-bond acceptors (Lipinski definition) is 7. The van der Waals surface area contributed by atoms with Crippen molar-refractivity contribution in [1.29, 1.82) is 0 Å². The van der Waals surface area contributed by atoms with Crippen molar-refractivity contribution in [3.63, 3.8) is 0 Å². The first kappa shape index (κ1) is 27.7. The monoisotopic (exact) mass is 589 g/mol. The number of aromatic amines is 2. The van der Waals surface area contributed by atoms with Crippen LogP contribution in [0.1, 0.15) is 19.3 Å². The summed E-state index contributed by atoms with van der Waals surface area (Å²) in [6.45, 7) is 1.53. The number of H-pyrrole nitrogens is 2. The standard InChI is InChI=1S/C33H32FN9O/c1-43(2)11-10-36-23-13-20(12-22(34)15-23)25-8-9-37-32-26(25)16-29(40-32)31-30-28(41-42-31)7-6-27(39-30)21-14-24(18-35-17-21)38-33(44)19-4-3-5-19/h6-9,12-19,36H,3-5,10-11H2,1-2H3,(H,37,40)(H,38,44)(H,41,42). The molecule has 0 atom stereocenters. The largest absolute Gasteiger partial charge is 0.384 e. The Morgan fingerprint density at radius 1 is 1.05 bits per heavy atom. The van der Waals surface area contributed by atoms with Crippen molar-refractivity contribution in [3.8, 4) is 33.8 Å². The van der Waals surface area contributed by atoms with Gasteiger partial charge in [-0.1, -0.05) is 6.42 Å². The van der Waals surface area contributed by atoms with Crippen molar-refractivity contribution in [3.05, 3.63) is 72.9 Å². The van der Waals surface area contributed by atoms with Crippen LogP contribution in [-0.2, 0) is 4.79 Å². The van der Waals surface area contributed by atoms with Crippen molar-refractivity contribution in [1.82, 2.24) is 35.0 Å². The summed E-state index contributed by atoms with van der Waals surface area (Å²) < 4.78 is 14.7. The predicted molar refractivity (Wildman–Crippen MR) is 171 cm³/mol. The van der Waals surface area contributed by atoms with Crippen molar-refractivity contribution in [2.24, 2.45) is 5.92 Å². The van der Waals surface area contributed by atoms with E-state index in [-0.39, 0.29) is 17.6 Å². The van der Waals surface area contributed by atoms with E-state index in [0.29, 0.717) is 34.8 Å². The number of fused-ring (bicyclic) bond motifs is 2. The molecule has 5 heterocycles. The minimum Gasteiger partial charge on any atom is -0.384 e. The quantitative estimate of drug-likeness (QED) is 0.161. The number of nitrogens with one attached hydrogen (secondary N) is 4. The van der Waals surface area contributed by atoms with Gasteiger partial charge in [-0.2, -0.15) is 5.10 Å². The van der Waals surface area contributed by atoms with Gasteiger partial charge in [-0.05, 0) is 86.6 Å². The number of hydrogen-bond donors (Lipinski definition) is 4. The molecule has 0 saturated heterocycles. The number of pyridine rings is 3. The van der Waals surface area contributed by atoms with Crippen LogP contribution in [0.5, 0.6) is 0 Å². The number of likely N-dealkylation sites (N-methyl/N-ethyl adjacent to an activating group) is 1. The smallest absolute Gasteiger partial charge is 0.227 e. The minimum absolute atomic E-state index is 0.0394. The Hall–Kier alpha value is -5.16. The molecule has 11 heteroatoms. The highest BCUT2D eigenvalue weighted by Gasteiger charge is 2.25. The van der Waals surface area contributed by atoms with Crippen LogP contribution in [0.15, 0.2) is 67.1 Å². The summed E-state index contributed by atoms with van der Waals surface area (Å²) in [6, 6.07) is 14.6. The van der Waals surface area contributed by atoms with Crippen molar-refractivity contribution >= 4 is 39.3 Å². The van der Waals surface area contributed by atoms with Gasteiger partial charge >= 0.3 is 0 Å². The molecule has 10 nitrogen and oxygen atoms in total. The normalized spacial score (nSPS) is 13.5. The van der Waals surface area contributed by atoms with Crippen LogP contribution in [0.4, 0.5) is 15.8 Å². The number of amides is 1. The van der Waals surface area contributed by atoms with Crippen LogP contribution in [0.2, 0.25) is 0 Å². The SMILES string of the molecule is CN(C)CCNc1cc(F)cc(-c2ccnc3[nH]c(-c4n[nH]c5ccc(-c6cncc(NC(=O)C7CCC7)c6)nc45)cc23)c1. The van der Waals surface area contributed by atoms with Gasteiger partial charge in [0.15, 0.2) is 0 Å². The van der Waals surface area contributed by atoms with E-state index >= 15 is 0 Å². The molecule has 4 N–H and O–H groups in total. The maximum atomic E-state index is 14.7. The van der Waals surface area contributed by atoms with Gasteiger partial charge in [0.2, 0.25) is 5.91 Å². The van der Waals surface area contributed by atoms with E-state index in [0.717, 1.165) is 64.8 Å². The number of anilines is 2. The van der Waals surface area contributed by atoms with Gasteiger partial charge in [0, 0.05) is 48.0 Å². The number of rotatable bonds is 9. The molecule has 222 valence electrons. The number of halogens is 1. The lowest BCUT2D eigenvalue weighted by Gasteiger charge is -2.24. The van der Waals surface area contributed by atoms with Crippen LogP contribution in [-0.4, -0.2) is 68.1 Å². The Labute approximate surface area is 253 Å². The number of carbonyl (C=O) groups is 1. The van der Waals surface area contributed by atoms with Gasteiger partial charge in [-0.3, -0.25) is 14.9 Å². The van der Waals surface area contributed by atoms with E-state index in [1.807, 2.05) is 50.5 Å². The molecule has 7 rings (SSSR count). The molecule has 6 aromatic rings. The second kappa shape index (κ2) is 11.5. The molecule has 0 bridgehead atoms. The van der Waals surface area contributed by atoms with Crippen molar-refractivity contribution in [2.45, 2.75) is 19.3 Å². The second-order valence-electron chi connectivity index (χ2n) is 11.5. The number of aromatic nitrogens is 6. The first-order valence-electron chi connectivity index (χ1n) is 14.7. The zero-order valence-electron chi connectivity index (χ0n) is 24.5. The van der Waals surface area contributed by atoms with Crippen molar-refractivity contribution < 1.29 is 9.18 Å². The maximum Gasteiger partial charge on any atom is 0.227 e. The highest BCUT2D eigenvalue weighted by atomic mass is 19.1. The third kappa shape index (κ3) is 5.49. The van der Waals surface area contributed by atoms with Gasteiger partial charge in [0.25, 0.3) is 0 Å². The molecule has 0 radical (unpaired) electrons. The second-order valence-corrected chi connectivity index (χ2v) is 11.5. The topological polar surface area (TPSA) is 128 Å². The number of carbonyl (C=O) groups excluding carboxylic acids is 1. The van der Waals surface area contributed by atoms with Crippen molar-refractivity contribution in [2.75, 3.05) is 37.8 Å². The van der Waals surface area contributed by atoms with Gasteiger partial charge < -0.3 is 20.5 Å². The third-order valence-electron chi connectivity index (χ3n) is 8.07. The number of benzene rings is 1. The number of nitrogens with zero attached hydrogens (tertiary/aromatic N) is 5. The summed E-state index contributed by atoms with van der Waals surface area (Å²) in [4.78, 5) is 31.7. The molecule has 1 amide bonds. The van der Waals surface area contributed by atoms with Crippen LogP contribution >= 0.6 is 0 Å². The van der Waals surface area contributed by atoms with Gasteiger partial charge in [-0.15, -0.1) is 0 Å². The van der Waals surface area contributed by atoms with E-state index in [4.69, 9.17) is 4.98 Å². The summed E-state index contributed by atoms with van der Waals surface area (Å²) in [6.07, 6.45) is 8.06. The molecule has 5 aromatic heterocycles. The van der Waals surface area contributed by atoms with E-state index < -0.39 is 0 Å². The molecular formula is C33H32FN9O. The Kier molecular flexibility index (Phi) is 7.23. The molecule has 1 fully saturated rings. The first-order chi connectivity index (χ1) is 21.4. The fourth-order valence-electron chi connectivity index (χ4n) is 5.49. The maximum absolute atomic E-state index is 14.7. The summed E-state index contributed by atoms with van der Waals surface area (Å²) >= 11 is 0. The lowest BCUT2D eigenvalue weighted by Crippen LogP contribution is -2.28. The van der Waals surface area contributed by atoms with E-state index in [2.05, 4.69) is 40.7 Å². The van der Waals surface area contributed by atoms with Crippen LogP contribution in [0, 0.1) is 11.7 Å². The molecule has 1 aliphatic rings. The molecule has 1 aromatic carbocycles. The molecule has 0 spiro atoms. The lowest BCUT2D eigenvalue weighted by molar-refractivity contribution is -0.122. The summed E-state index contributed by atoms with van der Waals surface area (Å²) in [7, 11) is 4.00. The minimum atomic E-state index is -0.313. The zero-order valence-corrected chi connectivity index (χ0v) is 24.5.